The summed E-state index contributed by atoms with van der Waals surface area (Å²) >= 11 is 18.2. The normalized spacial score (nSPS) is 12.5. The second-order valence-electron chi connectivity index (χ2n) is 5.50. The lowest BCUT2D eigenvalue weighted by Gasteiger charge is -2.18. The molecular weight excluding hydrogens is 431 g/mol. The van der Waals surface area contributed by atoms with Crippen molar-refractivity contribution in [1.82, 2.24) is 9.29 Å². The summed E-state index contributed by atoms with van der Waals surface area (Å²) < 4.78 is 26.3. The Morgan fingerprint density at radius 2 is 1.78 bits per heavy atom. The highest BCUT2D eigenvalue weighted by atomic mass is 35.5. The third kappa shape index (κ3) is 4.92. The number of halogens is 3. The SMILES string of the molecule is CCN(CC)S(=O)(=O)c1ccc(N/N=C(\C)c2ccc(Cl)c(Cl)c2Cl)nc1. The fraction of sp³-hybridized carbons (Fsp3) is 0.294. The van der Waals surface area contributed by atoms with Crippen LogP contribution in [0.25, 0.3) is 0 Å². The van der Waals surface area contributed by atoms with Crippen molar-refractivity contribution in [3.05, 3.63) is 51.1 Å². The largest absolute Gasteiger partial charge is 0.261 e. The molecule has 10 heteroatoms. The second kappa shape index (κ2) is 9.21. The van der Waals surface area contributed by atoms with Gasteiger partial charge in [-0.25, -0.2) is 13.4 Å². The maximum absolute atomic E-state index is 12.5. The second-order valence-corrected chi connectivity index (χ2v) is 8.60. The van der Waals surface area contributed by atoms with E-state index in [2.05, 4.69) is 15.5 Å². The average Bonchev–Trinajstić information content (AvgIpc) is 2.65. The fourth-order valence-corrected chi connectivity index (χ4v) is 4.39. The van der Waals surface area contributed by atoms with Gasteiger partial charge >= 0.3 is 0 Å². The van der Waals surface area contributed by atoms with Crippen molar-refractivity contribution >= 4 is 56.4 Å². The predicted molar refractivity (Wildman–Crippen MR) is 112 cm³/mol. The Labute approximate surface area is 174 Å². The summed E-state index contributed by atoms with van der Waals surface area (Å²) in [6.45, 7) is 6.11. The summed E-state index contributed by atoms with van der Waals surface area (Å²) in [6.07, 6.45) is 1.30. The molecule has 0 saturated heterocycles. The first-order chi connectivity index (χ1) is 12.7. The number of sulfonamides is 1. The maximum Gasteiger partial charge on any atom is 0.244 e. The molecule has 0 fully saturated rings. The Balaban J connectivity index is 2.20. The van der Waals surface area contributed by atoms with Crippen LogP contribution in [0.5, 0.6) is 0 Å². The van der Waals surface area contributed by atoms with Gasteiger partial charge in [0.05, 0.1) is 20.8 Å². The summed E-state index contributed by atoms with van der Waals surface area (Å²) in [4.78, 5) is 4.24. The molecule has 1 aromatic heterocycles. The summed E-state index contributed by atoms with van der Waals surface area (Å²) in [5, 5.41) is 5.14. The molecule has 0 unspecified atom stereocenters. The smallest absolute Gasteiger partial charge is 0.244 e. The van der Waals surface area contributed by atoms with Crippen LogP contribution in [-0.2, 0) is 10.0 Å². The summed E-state index contributed by atoms with van der Waals surface area (Å²) in [7, 11) is -3.54. The van der Waals surface area contributed by atoms with Gasteiger partial charge < -0.3 is 0 Å². The minimum absolute atomic E-state index is 0.130. The molecular formula is C17H19Cl3N4O2S. The topological polar surface area (TPSA) is 74.7 Å². The van der Waals surface area contributed by atoms with E-state index in [9.17, 15) is 8.42 Å². The molecule has 0 amide bonds. The highest BCUT2D eigenvalue weighted by molar-refractivity contribution is 7.89. The van der Waals surface area contributed by atoms with E-state index < -0.39 is 10.0 Å². The lowest BCUT2D eigenvalue weighted by Crippen LogP contribution is -2.30. The zero-order valence-electron chi connectivity index (χ0n) is 15.0. The number of anilines is 1. The van der Waals surface area contributed by atoms with Crippen molar-refractivity contribution in [1.29, 1.82) is 0 Å². The van der Waals surface area contributed by atoms with Gasteiger partial charge in [0.2, 0.25) is 10.0 Å². The lowest BCUT2D eigenvalue weighted by atomic mass is 10.1. The van der Waals surface area contributed by atoms with Gasteiger partial charge in [-0.05, 0) is 25.1 Å². The lowest BCUT2D eigenvalue weighted by molar-refractivity contribution is 0.445. The molecule has 1 heterocycles. The molecule has 0 bridgehead atoms. The highest BCUT2D eigenvalue weighted by Gasteiger charge is 2.21. The third-order valence-electron chi connectivity index (χ3n) is 3.84. The first-order valence-electron chi connectivity index (χ1n) is 8.12. The van der Waals surface area contributed by atoms with Crippen molar-refractivity contribution in [3.63, 3.8) is 0 Å². The summed E-state index contributed by atoms with van der Waals surface area (Å²) in [6, 6.07) is 6.38. The van der Waals surface area contributed by atoms with Gasteiger partial charge in [-0.1, -0.05) is 54.7 Å². The Morgan fingerprint density at radius 1 is 1.11 bits per heavy atom. The van der Waals surface area contributed by atoms with Crippen LogP contribution in [0.15, 0.2) is 40.5 Å². The van der Waals surface area contributed by atoms with E-state index >= 15 is 0 Å². The van der Waals surface area contributed by atoms with E-state index in [1.54, 1.807) is 39.0 Å². The molecule has 146 valence electrons. The van der Waals surface area contributed by atoms with Crippen LogP contribution < -0.4 is 5.43 Å². The monoisotopic (exact) mass is 448 g/mol. The van der Waals surface area contributed by atoms with Crippen LogP contribution in [0.2, 0.25) is 15.1 Å². The van der Waals surface area contributed by atoms with Crippen molar-refractivity contribution in [2.24, 2.45) is 5.10 Å². The number of nitrogens with one attached hydrogen (secondary N) is 1. The van der Waals surface area contributed by atoms with Crippen molar-refractivity contribution in [2.75, 3.05) is 18.5 Å². The third-order valence-corrected chi connectivity index (χ3v) is 7.17. The Hall–Kier alpha value is -1.38. The molecule has 0 radical (unpaired) electrons. The molecule has 27 heavy (non-hydrogen) atoms. The van der Waals surface area contributed by atoms with Crippen LogP contribution in [0.1, 0.15) is 26.3 Å². The number of nitrogens with zero attached hydrogens (tertiary/aromatic N) is 3. The van der Waals surface area contributed by atoms with E-state index in [4.69, 9.17) is 34.8 Å². The number of pyridine rings is 1. The Kier molecular flexibility index (Phi) is 7.47. The van der Waals surface area contributed by atoms with E-state index in [1.165, 1.54) is 16.6 Å². The number of hydrogen-bond donors (Lipinski definition) is 1. The Morgan fingerprint density at radius 3 is 2.33 bits per heavy atom. The molecule has 2 aromatic rings. The minimum atomic E-state index is -3.54. The van der Waals surface area contributed by atoms with Gasteiger partial charge in [0, 0.05) is 24.8 Å². The molecule has 0 aliphatic carbocycles. The molecule has 0 spiro atoms. The molecule has 0 atom stereocenters. The van der Waals surface area contributed by atoms with Crippen LogP contribution in [0.4, 0.5) is 5.82 Å². The summed E-state index contributed by atoms with van der Waals surface area (Å²) in [5.74, 6) is 0.393. The van der Waals surface area contributed by atoms with Gasteiger partial charge in [0.1, 0.15) is 10.7 Å². The number of aromatic nitrogens is 1. The molecule has 0 aliphatic heterocycles. The zero-order chi connectivity index (χ0) is 20.2. The van der Waals surface area contributed by atoms with Crippen molar-refractivity contribution in [2.45, 2.75) is 25.7 Å². The first kappa shape index (κ1) is 21.9. The van der Waals surface area contributed by atoms with Crippen LogP contribution in [-0.4, -0.2) is 36.5 Å². The van der Waals surface area contributed by atoms with Crippen LogP contribution in [0.3, 0.4) is 0 Å². The standard InChI is InChI=1S/C17H19Cl3N4O2S/c1-4-24(5-2)27(25,26)12-6-9-15(21-10-12)23-22-11(3)13-7-8-14(18)17(20)16(13)19/h6-10H,4-5H2,1-3H3,(H,21,23)/b22-11+. The molecule has 1 N–H and O–H groups in total. The van der Waals surface area contributed by atoms with E-state index in [-0.39, 0.29) is 9.92 Å². The van der Waals surface area contributed by atoms with Gasteiger partial charge in [-0.15, -0.1) is 0 Å². The molecule has 1 aromatic carbocycles. The van der Waals surface area contributed by atoms with Gasteiger partial charge in [-0.2, -0.15) is 9.41 Å². The number of benzene rings is 1. The molecule has 6 nitrogen and oxygen atoms in total. The number of hydrazone groups is 1. The maximum atomic E-state index is 12.5. The quantitative estimate of drug-likeness (QED) is 0.370. The van der Waals surface area contributed by atoms with Crippen LogP contribution >= 0.6 is 34.8 Å². The average molecular weight is 450 g/mol. The molecule has 0 aliphatic rings. The Bertz CT molecular complexity index is 943. The zero-order valence-corrected chi connectivity index (χ0v) is 18.1. The highest BCUT2D eigenvalue weighted by Crippen LogP contribution is 2.33. The van der Waals surface area contributed by atoms with Crippen molar-refractivity contribution < 1.29 is 8.42 Å². The predicted octanol–water partition coefficient (Wildman–Crippen LogP) is 4.91. The number of hydrogen-bond acceptors (Lipinski definition) is 5. The summed E-state index contributed by atoms with van der Waals surface area (Å²) in [5.41, 5.74) is 3.97. The molecule has 2 rings (SSSR count). The van der Waals surface area contributed by atoms with E-state index in [1.807, 2.05) is 0 Å². The minimum Gasteiger partial charge on any atom is -0.261 e. The van der Waals surface area contributed by atoms with E-state index in [0.29, 0.717) is 40.2 Å². The van der Waals surface area contributed by atoms with Gasteiger partial charge in [-0.3, -0.25) is 5.43 Å². The van der Waals surface area contributed by atoms with Gasteiger partial charge in [0.25, 0.3) is 0 Å². The van der Waals surface area contributed by atoms with Crippen molar-refractivity contribution in [3.8, 4) is 0 Å². The fourth-order valence-electron chi connectivity index (χ4n) is 2.32. The van der Waals surface area contributed by atoms with Gasteiger partial charge in [0.15, 0.2) is 0 Å². The first-order valence-corrected chi connectivity index (χ1v) is 10.7. The molecule has 0 saturated carbocycles. The van der Waals surface area contributed by atoms with E-state index in [0.717, 1.165) is 0 Å². The number of rotatable bonds is 7. The van der Waals surface area contributed by atoms with Crippen LogP contribution in [0, 0.1) is 0 Å².